The van der Waals surface area contributed by atoms with Crippen molar-refractivity contribution in [1.29, 1.82) is 0 Å². The van der Waals surface area contributed by atoms with E-state index in [1.807, 2.05) is 0 Å². The van der Waals surface area contributed by atoms with E-state index in [9.17, 15) is 9.18 Å². The molecule has 0 aromatic rings. The molecule has 0 radical (unpaired) electrons. The Morgan fingerprint density at radius 2 is 1.92 bits per heavy atom. The molecule has 12 heavy (non-hydrogen) atoms. The van der Waals surface area contributed by atoms with Gasteiger partial charge in [0.05, 0.1) is 0 Å². The maximum Gasteiger partial charge on any atom is 0.255 e. The third kappa shape index (κ3) is 1.76. The first-order chi connectivity index (χ1) is 5.55. The molecule has 3 heteroatoms. The third-order valence-corrected chi connectivity index (χ3v) is 2.85. The molecular formula is C9H16FNO. The van der Waals surface area contributed by atoms with Crippen molar-refractivity contribution in [3.05, 3.63) is 0 Å². The van der Waals surface area contributed by atoms with E-state index in [-0.39, 0.29) is 5.92 Å². The van der Waals surface area contributed by atoms with Gasteiger partial charge < -0.3 is 5.73 Å². The zero-order valence-corrected chi connectivity index (χ0v) is 7.48. The highest BCUT2D eigenvalue weighted by molar-refractivity contribution is 5.83. The molecule has 1 rings (SSSR count). The molecule has 2 nitrogen and oxygen atoms in total. The molecule has 1 aliphatic carbocycles. The summed E-state index contributed by atoms with van der Waals surface area (Å²) in [5.41, 5.74) is 3.20. The molecule has 0 aliphatic heterocycles. The van der Waals surface area contributed by atoms with Gasteiger partial charge in [-0.1, -0.05) is 19.3 Å². The van der Waals surface area contributed by atoms with Gasteiger partial charge in [0.25, 0.3) is 5.91 Å². The van der Waals surface area contributed by atoms with E-state index >= 15 is 0 Å². The van der Waals surface area contributed by atoms with Crippen LogP contribution in [0.15, 0.2) is 0 Å². The molecule has 2 N–H and O–H groups in total. The quantitative estimate of drug-likeness (QED) is 0.679. The van der Waals surface area contributed by atoms with Gasteiger partial charge in [0.2, 0.25) is 0 Å². The van der Waals surface area contributed by atoms with Gasteiger partial charge in [0, 0.05) is 5.92 Å². The average molecular weight is 173 g/mol. The average Bonchev–Trinajstić information content (AvgIpc) is 2.06. The lowest BCUT2D eigenvalue weighted by Crippen LogP contribution is -2.44. The molecule has 1 unspecified atom stereocenters. The van der Waals surface area contributed by atoms with E-state index in [0.717, 1.165) is 32.1 Å². The lowest BCUT2D eigenvalue weighted by molar-refractivity contribution is -0.132. The predicted octanol–water partition coefficient (Wildman–Crippen LogP) is 1.78. The Bertz CT molecular complexity index is 173. The highest BCUT2D eigenvalue weighted by atomic mass is 19.1. The molecule has 0 bridgehead atoms. The number of carbonyl (C=O) groups excluding carboxylic acids is 1. The molecule has 1 fully saturated rings. The normalized spacial score (nSPS) is 24.8. The van der Waals surface area contributed by atoms with Crippen molar-refractivity contribution in [3.8, 4) is 0 Å². The number of primary amides is 1. The summed E-state index contributed by atoms with van der Waals surface area (Å²) in [6.45, 7) is 1.31. The minimum Gasteiger partial charge on any atom is -0.367 e. The Balaban J connectivity index is 2.59. The first kappa shape index (κ1) is 9.49. The molecule has 0 heterocycles. The molecule has 1 saturated carbocycles. The van der Waals surface area contributed by atoms with Crippen LogP contribution in [0.5, 0.6) is 0 Å². The largest absolute Gasteiger partial charge is 0.367 e. The molecule has 1 atom stereocenters. The van der Waals surface area contributed by atoms with Crippen molar-refractivity contribution in [2.24, 2.45) is 11.7 Å². The van der Waals surface area contributed by atoms with E-state index in [1.165, 1.54) is 6.92 Å². The van der Waals surface area contributed by atoms with Gasteiger partial charge in [-0.05, 0) is 19.8 Å². The molecular weight excluding hydrogens is 157 g/mol. The van der Waals surface area contributed by atoms with Gasteiger partial charge in [-0.2, -0.15) is 0 Å². The Kier molecular flexibility index (Phi) is 2.70. The van der Waals surface area contributed by atoms with Crippen LogP contribution in [0, 0.1) is 5.92 Å². The lowest BCUT2D eigenvalue weighted by Gasteiger charge is -2.30. The van der Waals surface area contributed by atoms with Gasteiger partial charge >= 0.3 is 0 Å². The van der Waals surface area contributed by atoms with Crippen LogP contribution in [-0.4, -0.2) is 11.6 Å². The van der Waals surface area contributed by atoms with Gasteiger partial charge in [0.1, 0.15) is 0 Å². The van der Waals surface area contributed by atoms with Crippen LogP contribution in [0.4, 0.5) is 4.39 Å². The number of nitrogens with two attached hydrogens (primary N) is 1. The summed E-state index contributed by atoms with van der Waals surface area (Å²) >= 11 is 0. The zero-order chi connectivity index (χ0) is 9.19. The van der Waals surface area contributed by atoms with Crippen LogP contribution in [-0.2, 0) is 4.79 Å². The van der Waals surface area contributed by atoms with Crippen LogP contribution >= 0.6 is 0 Å². The topological polar surface area (TPSA) is 43.1 Å². The molecule has 0 spiro atoms. The second-order valence-electron chi connectivity index (χ2n) is 3.77. The van der Waals surface area contributed by atoms with E-state index in [4.69, 9.17) is 5.73 Å². The number of halogens is 1. The van der Waals surface area contributed by atoms with Crippen molar-refractivity contribution in [2.75, 3.05) is 0 Å². The standard InChI is InChI=1S/C9H16FNO/c1-9(10,8(11)12)7-5-3-2-4-6-7/h7H,2-6H2,1H3,(H2,11,12). The number of hydrogen-bond acceptors (Lipinski definition) is 1. The summed E-state index contributed by atoms with van der Waals surface area (Å²) in [5.74, 6) is -0.960. The number of rotatable bonds is 2. The van der Waals surface area contributed by atoms with Crippen molar-refractivity contribution in [2.45, 2.75) is 44.7 Å². The number of alkyl halides is 1. The molecule has 0 aromatic heterocycles. The minimum absolute atomic E-state index is 0.149. The highest BCUT2D eigenvalue weighted by Crippen LogP contribution is 2.34. The van der Waals surface area contributed by atoms with Gasteiger partial charge in [-0.25, -0.2) is 4.39 Å². The summed E-state index contributed by atoms with van der Waals surface area (Å²) in [4.78, 5) is 10.8. The first-order valence-electron chi connectivity index (χ1n) is 4.54. The maximum absolute atomic E-state index is 13.6. The molecule has 0 saturated heterocycles. The first-order valence-corrected chi connectivity index (χ1v) is 4.54. The summed E-state index contributed by atoms with van der Waals surface area (Å²) in [7, 11) is 0. The summed E-state index contributed by atoms with van der Waals surface area (Å²) in [5, 5.41) is 0. The van der Waals surface area contributed by atoms with Crippen LogP contribution < -0.4 is 5.73 Å². The second-order valence-corrected chi connectivity index (χ2v) is 3.77. The van der Waals surface area contributed by atoms with Gasteiger partial charge in [-0.3, -0.25) is 4.79 Å². The van der Waals surface area contributed by atoms with Gasteiger partial charge in [0.15, 0.2) is 5.67 Å². The maximum atomic E-state index is 13.6. The SMILES string of the molecule is CC(F)(C(N)=O)C1CCCCC1. The van der Waals surface area contributed by atoms with E-state index in [0.29, 0.717) is 0 Å². The Morgan fingerprint density at radius 3 is 2.33 bits per heavy atom. The van der Waals surface area contributed by atoms with Gasteiger partial charge in [-0.15, -0.1) is 0 Å². The van der Waals surface area contributed by atoms with Crippen LogP contribution in [0.1, 0.15) is 39.0 Å². The van der Waals surface area contributed by atoms with Crippen molar-refractivity contribution in [1.82, 2.24) is 0 Å². The molecule has 70 valence electrons. The van der Waals surface area contributed by atoms with Crippen molar-refractivity contribution < 1.29 is 9.18 Å². The van der Waals surface area contributed by atoms with E-state index < -0.39 is 11.6 Å². The summed E-state index contributed by atoms with van der Waals surface area (Å²) in [6.07, 6.45) is 4.81. The Hall–Kier alpha value is -0.600. The molecule has 1 amide bonds. The highest BCUT2D eigenvalue weighted by Gasteiger charge is 2.40. The van der Waals surface area contributed by atoms with E-state index in [2.05, 4.69) is 0 Å². The van der Waals surface area contributed by atoms with Crippen LogP contribution in [0.2, 0.25) is 0 Å². The monoisotopic (exact) mass is 173 g/mol. The third-order valence-electron chi connectivity index (χ3n) is 2.85. The molecule has 1 aliphatic rings. The van der Waals surface area contributed by atoms with E-state index in [1.54, 1.807) is 0 Å². The smallest absolute Gasteiger partial charge is 0.255 e. The zero-order valence-electron chi connectivity index (χ0n) is 7.48. The minimum atomic E-state index is -1.79. The van der Waals surface area contributed by atoms with Crippen molar-refractivity contribution in [3.63, 3.8) is 0 Å². The fraction of sp³-hybridized carbons (Fsp3) is 0.889. The summed E-state index contributed by atoms with van der Waals surface area (Å²) in [6, 6.07) is 0. The fourth-order valence-corrected chi connectivity index (χ4v) is 1.85. The summed E-state index contributed by atoms with van der Waals surface area (Å²) < 4.78 is 13.6. The predicted molar refractivity (Wildman–Crippen MR) is 45.3 cm³/mol. The fourth-order valence-electron chi connectivity index (χ4n) is 1.85. The number of hydrogen-bond donors (Lipinski definition) is 1. The Morgan fingerprint density at radius 1 is 1.42 bits per heavy atom. The van der Waals surface area contributed by atoms with Crippen LogP contribution in [0.3, 0.4) is 0 Å². The van der Waals surface area contributed by atoms with Crippen LogP contribution in [0.25, 0.3) is 0 Å². The number of carbonyl (C=O) groups is 1. The number of amides is 1. The lowest BCUT2D eigenvalue weighted by atomic mass is 9.78. The second kappa shape index (κ2) is 3.42. The van der Waals surface area contributed by atoms with Crippen molar-refractivity contribution >= 4 is 5.91 Å². The Labute approximate surface area is 72.3 Å². The molecule has 0 aromatic carbocycles.